The Kier molecular flexibility index (Phi) is 5.71. The number of hydrogen-bond acceptors (Lipinski definition) is 3. The second kappa shape index (κ2) is 7.20. The molecule has 2 aliphatic heterocycles. The summed E-state index contributed by atoms with van der Waals surface area (Å²) in [6.45, 7) is 15.7. The Morgan fingerprint density at radius 3 is 1.91 bits per heavy atom. The summed E-state index contributed by atoms with van der Waals surface area (Å²) in [5.74, 6) is 1.66. The predicted octanol–water partition coefficient (Wildman–Crippen LogP) is 1.68. The molecule has 2 fully saturated rings. The Morgan fingerprint density at radius 2 is 1.43 bits per heavy atom. The van der Waals surface area contributed by atoms with Crippen LogP contribution in [0, 0.1) is 17.3 Å². The van der Waals surface area contributed by atoms with E-state index in [4.69, 9.17) is 0 Å². The zero-order valence-electron chi connectivity index (χ0n) is 15.5. The Bertz CT molecular complexity index is 426. The van der Waals surface area contributed by atoms with Crippen molar-refractivity contribution in [3.63, 3.8) is 0 Å². The van der Waals surface area contributed by atoms with Crippen molar-refractivity contribution in [1.82, 2.24) is 14.7 Å². The molecule has 0 aromatic rings. The van der Waals surface area contributed by atoms with Crippen LogP contribution in [-0.2, 0) is 9.59 Å². The molecule has 0 radical (unpaired) electrons. The summed E-state index contributed by atoms with van der Waals surface area (Å²) >= 11 is 0. The van der Waals surface area contributed by atoms with E-state index in [1.165, 1.54) is 6.42 Å². The number of hydrogen-bond donors (Lipinski definition) is 0. The van der Waals surface area contributed by atoms with Crippen molar-refractivity contribution in [2.75, 3.05) is 45.8 Å². The molecule has 5 heteroatoms. The van der Waals surface area contributed by atoms with E-state index < -0.39 is 0 Å². The molecule has 0 saturated carbocycles. The lowest BCUT2D eigenvalue weighted by Crippen LogP contribution is -2.54. The molecular formula is C18H33N3O2. The third kappa shape index (κ3) is 4.93. The monoisotopic (exact) mass is 323 g/mol. The molecule has 23 heavy (non-hydrogen) atoms. The van der Waals surface area contributed by atoms with Gasteiger partial charge in [-0.05, 0) is 18.3 Å². The Balaban J connectivity index is 1.80. The molecule has 2 rings (SSSR count). The number of piperazine rings is 1. The average molecular weight is 323 g/mol. The number of nitrogens with zero attached hydrogens (tertiary/aromatic N) is 3. The Morgan fingerprint density at radius 1 is 0.913 bits per heavy atom. The van der Waals surface area contributed by atoms with Crippen LogP contribution in [-0.4, -0.2) is 72.3 Å². The fourth-order valence-corrected chi connectivity index (χ4v) is 3.74. The third-order valence-electron chi connectivity index (χ3n) is 4.88. The van der Waals surface area contributed by atoms with Crippen molar-refractivity contribution in [3.8, 4) is 0 Å². The van der Waals surface area contributed by atoms with Gasteiger partial charge in [-0.3, -0.25) is 14.5 Å². The summed E-state index contributed by atoms with van der Waals surface area (Å²) in [7, 11) is 0. The molecule has 5 nitrogen and oxygen atoms in total. The number of amides is 2. The molecule has 2 amide bonds. The van der Waals surface area contributed by atoms with Gasteiger partial charge in [0.1, 0.15) is 0 Å². The van der Waals surface area contributed by atoms with E-state index in [0.29, 0.717) is 18.4 Å². The average Bonchev–Trinajstić information content (AvgIpc) is 2.45. The molecular weight excluding hydrogens is 290 g/mol. The molecule has 0 aromatic heterocycles. The van der Waals surface area contributed by atoms with E-state index in [1.807, 2.05) is 30.6 Å². The fraction of sp³-hybridized carbons (Fsp3) is 0.889. The molecule has 2 heterocycles. The molecule has 2 aliphatic rings. The van der Waals surface area contributed by atoms with Gasteiger partial charge < -0.3 is 9.80 Å². The molecule has 2 saturated heterocycles. The smallest absolute Gasteiger partial charge is 0.236 e. The largest absolute Gasteiger partial charge is 0.341 e. The van der Waals surface area contributed by atoms with Crippen LogP contribution in [0.25, 0.3) is 0 Å². The Hall–Kier alpha value is -1.10. The number of piperidine rings is 1. The number of carbonyl (C=O) groups is 2. The van der Waals surface area contributed by atoms with Gasteiger partial charge in [0.05, 0.1) is 6.54 Å². The van der Waals surface area contributed by atoms with Crippen molar-refractivity contribution in [1.29, 1.82) is 0 Å². The van der Waals surface area contributed by atoms with Gasteiger partial charge in [0, 0.05) is 44.7 Å². The minimum absolute atomic E-state index is 0.210. The minimum Gasteiger partial charge on any atom is -0.341 e. The van der Waals surface area contributed by atoms with E-state index in [1.54, 1.807) is 0 Å². The van der Waals surface area contributed by atoms with Crippen molar-refractivity contribution in [2.45, 2.75) is 41.0 Å². The Labute approximate surface area is 141 Å². The van der Waals surface area contributed by atoms with Gasteiger partial charge in [-0.1, -0.05) is 34.6 Å². The fourth-order valence-electron chi connectivity index (χ4n) is 3.74. The molecule has 2 atom stereocenters. The molecule has 0 bridgehead atoms. The maximum Gasteiger partial charge on any atom is 0.236 e. The molecule has 2 unspecified atom stereocenters. The van der Waals surface area contributed by atoms with Gasteiger partial charge in [0.2, 0.25) is 11.8 Å². The normalized spacial score (nSPS) is 27.2. The highest BCUT2D eigenvalue weighted by Crippen LogP contribution is 2.21. The summed E-state index contributed by atoms with van der Waals surface area (Å²) in [4.78, 5) is 31.0. The highest BCUT2D eigenvalue weighted by Gasteiger charge is 2.31. The van der Waals surface area contributed by atoms with E-state index in [0.717, 1.165) is 39.3 Å². The molecule has 0 aromatic carbocycles. The zero-order valence-corrected chi connectivity index (χ0v) is 15.5. The number of carbonyl (C=O) groups excluding carboxylic acids is 2. The molecule has 0 N–H and O–H groups in total. The first kappa shape index (κ1) is 18.2. The highest BCUT2D eigenvalue weighted by molar-refractivity contribution is 5.81. The lowest BCUT2D eigenvalue weighted by molar-refractivity contribution is -0.142. The van der Waals surface area contributed by atoms with Crippen LogP contribution in [0.1, 0.15) is 41.0 Å². The van der Waals surface area contributed by atoms with Gasteiger partial charge >= 0.3 is 0 Å². The summed E-state index contributed by atoms with van der Waals surface area (Å²) < 4.78 is 0. The number of likely N-dealkylation sites (tertiary alicyclic amines) is 1. The molecule has 0 spiro atoms. The highest BCUT2D eigenvalue weighted by atomic mass is 16.2. The SMILES string of the molecule is CC1CC(C)CN(C(=O)CN2CCN(C(=O)C(C)(C)C)CC2)C1. The van der Waals surface area contributed by atoms with Crippen molar-refractivity contribution >= 4 is 11.8 Å². The van der Waals surface area contributed by atoms with Crippen LogP contribution in [0.15, 0.2) is 0 Å². The zero-order chi connectivity index (χ0) is 17.2. The van der Waals surface area contributed by atoms with Crippen LogP contribution < -0.4 is 0 Å². The lowest BCUT2D eigenvalue weighted by Gasteiger charge is -2.39. The molecule has 0 aliphatic carbocycles. The second-order valence-corrected chi connectivity index (χ2v) is 8.56. The van der Waals surface area contributed by atoms with E-state index in [9.17, 15) is 9.59 Å². The first-order valence-electron chi connectivity index (χ1n) is 8.96. The maximum absolute atomic E-state index is 12.5. The van der Waals surface area contributed by atoms with Crippen molar-refractivity contribution in [2.24, 2.45) is 17.3 Å². The quantitative estimate of drug-likeness (QED) is 0.777. The summed E-state index contributed by atoms with van der Waals surface area (Å²) in [5.41, 5.74) is -0.321. The summed E-state index contributed by atoms with van der Waals surface area (Å²) in [6.07, 6.45) is 1.22. The van der Waals surface area contributed by atoms with E-state index in [2.05, 4.69) is 18.7 Å². The topological polar surface area (TPSA) is 43.9 Å². The standard InChI is InChI=1S/C18H33N3O2/c1-14-10-15(2)12-21(11-14)16(22)13-19-6-8-20(9-7-19)17(23)18(3,4)5/h14-15H,6-13H2,1-5H3. The van der Waals surface area contributed by atoms with Crippen LogP contribution in [0.3, 0.4) is 0 Å². The van der Waals surface area contributed by atoms with Crippen LogP contribution in [0.2, 0.25) is 0 Å². The van der Waals surface area contributed by atoms with Crippen molar-refractivity contribution < 1.29 is 9.59 Å². The van der Waals surface area contributed by atoms with Gasteiger partial charge in [0.25, 0.3) is 0 Å². The summed E-state index contributed by atoms with van der Waals surface area (Å²) in [5, 5.41) is 0. The van der Waals surface area contributed by atoms with Gasteiger partial charge in [-0.15, -0.1) is 0 Å². The van der Waals surface area contributed by atoms with Crippen LogP contribution in [0.5, 0.6) is 0 Å². The minimum atomic E-state index is -0.321. The first-order valence-corrected chi connectivity index (χ1v) is 8.96. The second-order valence-electron chi connectivity index (χ2n) is 8.56. The van der Waals surface area contributed by atoms with Gasteiger partial charge in [-0.25, -0.2) is 0 Å². The van der Waals surface area contributed by atoms with Crippen LogP contribution in [0.4, 0.5) is 0 Å². The maximum atomic E-state index is 12.5. The predicted molar refractivity (Wildman–Crippen MR) is 92.0 cm³/mol. The van der Waals surface area contributed by atoms with Gasteiger partial charge in [-0.2, -0.15) is 0 Å². The van der Waals surface area contributed by atoms with Crippen molar-refractivity contribution in [3.05, 3.63) is 0 Å². The third-order valence-corrected chi connectivity index (χ3v) is 4.88. The first-order chi connectivity index (χ1) is 10.7. The van der Waals surface area contributed by atoms with Crippen LogP contribution >= 0.6 is 0 Å². The number of rotatable bonds is 2. The summed E-state index contributed by atoms with van der Waals surface area (Å²) in [6, 6.07) is 0. The lowest BCUT2D eigenvalue weighted by atomic mass is 9.92. The van der Waals surface area contributed by atoms with E-state index >= 15 is 0 Å². The van der Waals surface area contributed by atoms with Gasteiger partial charge in [0.15, 0.2) is 0 Å². The van der Waals surface area contributed by atoms with E-state index in [-0.39, 0.29) is 17.2 Å². The molecule has 132 valence electrons.